The van der Waals surface area contributed by atoms with Crippen molar-refractivity contribution in [2.24, 2.45) is 10.9 Å². The number of sulfonamides is 1. The second-order valence-corrected chi connectivity index (χ2v) is 9.26. The van der Waals surface area contributed by atoms with E-state index in [1.165, 1.54) is 12.1 Å². The highest BCUT2D eigenvalue weighted by molar-refractivity contribution is 7.89. The number of nitrogens with one attached hydrogen (secondary N) is 1. The van der Waals surface area contributed by atoms with Gasteiger partial charge >= 0.3 is 5.97 Å². The monoisotopic (exact) mass is 489 g/mol. The first kappa shape index (κ1) is 24.0. The van der Waals surface area contributed by atoms with Crippen LogP contribution in [0.3, 0.4) is 0 Å². The molecule has 0 aliphatic heterocycles. The van der Waals surface area contributed by atoms with Gasteiger partial charge in [0.15, 0.2) is 0 Å². The second-order valence-electron chi connectivity index (χ2n) is 7.70. The molecule has 0 bridgehead atoms. The molecule has 3 aromatic carbocycles. The van der Waals surface area contributed by atoms with Crippen molar-refractivity contribution in [3.63, 3.8) is 0 Å². The number of carbonyl (C=O) groups is 1. The lowest BCUT2D eigenvalue weighted by molar-refractivity contribution is -0.135. The summed E-state index contributed by atoms with van der Waals surface area (Å²) in [5.41, 5.74) is 8.98. The molecule has 0 amide bonds. The van der Waals surface area contributed by atoms with E-state index in [-0.39, 0.29) is 4.90 Å². The predicted molar refractivity (Wildman–Crippen MR) is 132 cm³/mol. The molecule has 5 N–H and O–H groups in total. The molecular weight excluding hydrogens is 466 g/mol. The minimum atomic E-state index is -3.76. The molecule has 0 aliphatic carbocycles. The first-order valence-corrected chi connectivity index (χ1v) is 12.2. The fourth-order valence-corrected chi connectivity index (χ4v) is 3.79. The Kier molecular flexibility index (Phi) is 7.16. The summed E-state index contributed by atoms with van der Waals surface area (Å²) in [6, 6.07) is 23.3. The van der Waals surface area contributed by atoms with Crippen LogP contribution in [-0.4, -0.2) is 30.4 Å². The maximum Gasteiger partial charge on any atom is 0.328 e. The van der Waals surface area contributed by atoms with Gasteiger partial charge in [-0.05, 0) is 66.6 Å². The third-order valence-electron chi connectivity index (χ3n) is 5.06. The van der Waals surface area contributed by atoms with Crippen LogP contribution in [0.5, 0.6) is 5.75 Å². The van der Waals surface area contributed by atoms with Gasteiger partial charge in [0.1, 0.15) is 11.8 Å². The molecule has 35 heavy (non-hydrogen) atoms. The summed E-state index contributed by atoms with van der Waals surface area (Å²) in [5, 5.41) is 8.14. The summed E-state index contributed by atoms with van der Waals surface area (Å²) in [6.07, 6.45) is 1.99. The third kappa shape index (κ3) is 6.48. The van der Waals surface area contributed by atoms with Crippen LogP contribution in [0.2, 0.25) is 0 Å². The zero-order valence-corrected chi connectivity index (χ0v) is 19.4. The van der Waals surface area contributed by atoms with Crippen molar-refractivity contribution in [2.75, 3.05) is 5.32 Å². The van der Waals surface area contributed by atoms with E-state index in [2.05, 4.69) is 15.3 Å². The van der Waals surface area contributed by atoms with E-state index in [4.69, 9.17) is 15.6 Å². The molecule has 1 heterocycles. The number of primary sulfonamides is 1. The van der Waals surface area contributed by atoms with Gasteiger partial charge in [0.05, 0.1) is 10.6 Å². The number of rotatable bonds is 8. The molecular formula is C25H23N5O4S. The van der Waals surface area contributed by atoms with E-state index < -0.39 is 22.0 Å². The topological polar surface area (TPSA) is 150 Å². The highest BCUT2D eigenvalue weighted by Gasteiger charge is 2.16. The molecule has 10 heteroatoms. The number of nitrogens with two attached hydrogens (primary N) is 2. The average molecular weight is 490 g/mol. The van der Waals surface area contributed by atoms with Gasteiger partial charge in [0.25, 0.3) is 0 Å². The number of hydrogen-bond donors (Lipinski definition) is 3. The van der Waals surface area contributed by atoms with Crippen molar-refractivity contribution >= 4 is 27.6 Å². The number of hydrogen-bond acceptors (Lipinski definition) is 8. The number of nitrogens with zero attached hydrogens (tertiary/aromatic N) is 2. The Labute approximate surface area is 202 Å². The Bertz CT molecular complexity index is 1410. The van der Waals surface area contributed by atoms with Gasteiger partial charge in [0.2, 0.25) is 16.0 Å². The Morgan fingerprint density at radius 1 is 0.943 bits per heavy atom. The normalized spacial score (nSPS) is 12.1. The summed E-state index contributed by atoms with van der Waals surface area (Å²) >= 11 is 0. The van der Waals surface area contributed by atoms with E-state index in [0.717, 1.165) is 11.1 Å². The molecule has 0 aliphatic rings. The van der Waals surface area contributed by atoms with Crippen LogP contribution in [0.4, 0.5) is 11.6 Å². The van der Waals surface area contributed by atoms with E-state index >= 15 is 0 Å². The Morgan fingerprint density at radius 2 is 1.63 bits per heavy atom. The molecule has 4 aromatic rings. The zero-order chi connectivity index (χ0) is 24.8. The molecule has 0 spiro atoms. The smallest absolute Gasteiger partial charge is 0.328 e. The number of benzene rings is 3. The summed E-state index contributed by atoms with van der Waals surface area (Å²) < 4.78 is 28.2. The van der Waals surface area contributed by atoms with Crippen molar-refractivity contribution in [3.05, 3.63) is 96.7 Å². The fraction of sp³-hybridized carbons (Fsp3) is 0.0800. The van der Waals surface area contributed by atoms with Crippen LogP contribution in [-0.2, 0) is 21.2 Å². The molecule has 0 fully saturated rings. The van der Waals surface area contributed by atoms with Gasteiger partial charge in [-0.25, -0.2) is 28.3 Å². The van der Waals surface area contributed by atoms with E-state index in [0.29, 0.717) is 29.5 Å². The van der Waals surface area contributed by atoms with Gasteiger partial charge in [-0.2, -0.15) is 0 Å². The van der Waals surface area contributed by atoms with Gasteiger partial charge in [0, 0.05) is 17.4 Å². The van der Waals surface area contributed by atoms with Gasteiger partial charge in [-0.1, -0.05) is 30.3 Å². The number of anilines is 2. The van der Waals surface area contributed by atoms with E-state index in [1.807, 2.05) is 30.3 Å². The predicted octanol–water partition coefficient (Wildman–Crippen LogP) is 3.01. The van der Waals surface area contributed by atoms with Crippen molar-refractivity contribution in [1.29, 1.82) is 0 Å². The SMILES string of the molecule is NC(Cc1ccccc1)C(=O)Oc1ccc(-c2ccnc(Nc3ccc(S(N)(=O)=O)cc3)n2)cc1. The number of aromatic nitrogens is 2. The number of esters is 1. The maximum atomic E-state index is 12.3. The second kappa shape index (κ2) is 10.4. The van der Waals surface area contributed by atoms with Crippen LogP contribution in [0.25, 0.3) is 11.3 Å². The lowest BCUT2D eigenvalue weighted by Crippen LogP contribution is -2.36. The van der Waals surface area contributed by atoms with Gasteiger partial charge in [-0.3, -0.25) is 0 Å². The van der Waals surface area contributed by atoms with Crippen LogP contribution in [0.15, 0.2) is 96.0 Å². The zero-order valence-electron chi connectivity index (χ0n) is 18.5. The molecule has 9 nitrogen and oxygen atoms in total. The van der Waals surface area contributed by atoms with Crippen molar-refractivity contribution in [1.82, 2.24) is 9.97 Å². The van der Waals surface area contributed by atoms with Crippen LogP contribution in [0.1, 0.15) is 5.56 Å². The summed E-state index contributed by atoms with van der Waals surface area (Å²) in [7, 11) is -3.76. The highest BCUT2D eigenvalue weighted by atomic mass is 32.2. The quantitative estimate of drug-likeness (QED) is 0.252. The minimum absolute atomic E-state index is 0.0135. The molecule has 0 radical (unpaired) electrons. The summed E-state index contributed by atoms with van der Waals surface area (Å²) in [4.78, 5) is 21.0. The lowest BCUT2D eigenvalue weighted by Gasteiger charge is -2.12. The molecule has 0 saturated heterocycles. The van der Waals surface area contributed by atoms with Crippen LogP contribution < -0.4 is 20.9 Å². The average Bonchev–Trinajstić information content (AvgIpc) is 2.85. The van der Waals surface area contributed by atoms with Crippen LogP contribution >= 0.6 is 0 Å². The van der Waals surface area contributed by atoms with Crippen molar-refractivity contribution in [3.8, 4) is 17.0 Å². The van der Waals surface area contributed by atoms with Crippen molar-refractivity contribution < 1.29 is 17.9 Å². The molecule has 0 saturated carbocycles. The third-order valence-corrected chi connectivity index (χ3v) is 5.99. The van der Waals surface area contributed by atoms with E-state index in [1.54, 1.807) is 48.7 Å². The lowest BCUT2D eigenvalue weighted by atomic mass is 10.1. The fourth-order valence-electron chi connectivity index (χ4n) is 3.27. The molecule has 1 unspecified atom stereocenters. The maximum absolute atomic E-state index is 12.3. The summed E-state index contributed by atoms with van der Waals surface area (Å²) in [6.45, 7) is 0. The first-order valence-electron chi connectivity index (χ1n) is 10.6. The van der Waals surface area contributed by atoms with Gasteiger partial charge < -0.3 is 15.8 Å². The number of carbonyl (C=O) groups excluding carboxylic acids is 1. The molecule has 178 valence electrons. The highest BCUT2D eigenvalue weighted by Crippen LogP contribution is 2.23. The van der Waals surface area contributed by atoms with E-state index in [9.17, 15) is 13.2 Å². The first-order chi connectivity index (χ1) is 16.8. The standard InChI is InChI=1S/C25H23N5O4S/c26-22(16-17-4-2-1-3-5-17)24(31)34-20-10-6-18(7-11-20)23-14-15-28-25(30-23)29-19-8-12-21(13-9-19)35(27,32)33/h1-15,22H,16,26H2,(H2,27,32,33)(H,28,29,30). The Morgan fingerprint density at radius 3 is 2.29 bits per heavy atom. The largest absolute Gasteiger partial charge is 0.425 e. The van der Waals surface area contributed by atoms with Crippen LogP contribution in [0, 0.1) is 0 Å². The van der Waals surface area contributed by atoms with Crippen molar-refractivity contribution in [2.45, 2.75) is 17.4 Å². The number of ether oxygens (including phenoxy) is 1. The summed E-state index contributed by atoms with van der Waals surface area (Å²) in [5.74, 6) is 0.196. The molecule has 1 atom stereocenters. The molecule has 4 rings (SSSR count). The Hall–Kier alpha value is -4.12. The van der Waals surface area contributed by atoms with Gasteiger partial charge in [-0.15, -0.1) is 0 Å². The Balaban J connectivity index is 1.40. The minimum Gasteiger partial charge on any atom is -0.425 e. The molecule has 1 aromatic heterocycles.